The second kappa shape index (κ2) is 11.2. The van der Waals surface area contributed by atoms with E-state index in [1.54, 1.807) is 6.07 Å². The maximum absolute atomic E-state index is 6.94. The molecule has 0 N–H and O–H groups in total. The van der Waals surface area contributed by atoms with Crippen molar-refractivity contribution in [2.45, 2.75) is 0 Å². The molecule has 0 spiro atoms. The van der Waals surface area contributed by atoms with Gasteiger partial charge in [-0.25, -0.2) is 9.97 Å². The topological polar surface area (TPSA) is 35.6 Å². The van der Waals surface area contributed by atoms with Crippen molar-refractivity contribution < 1.29 is 0 Å². The third kappa shape index (κ3) is 4.71. The molecular formula is C36H24Cl2N4. The van der Waals surface area contributed by atoms with Gasteiger partial charge < -0.3 is 0 Å². The van der Waals surface area contributed by atoms with Crippen molar-refractivity contribution >= 4 is 23.2 Å². The molecule has 0 saturated heterocycles. The molecule has 0 aliphatic rings. The van der Waals surface area contributed by atoms with Crippen LogP contribution in [-0.2, 0) is 0 Å². The first-order chi connectivity index (χ1) is 20.7. The van der Waals surface area contributed by atoms with Gasteiger partial charge in [0.2, 0.25) is 5.95 Å². The van der Waals surface area contributed by atoms with Gasteiger partial charge in [0.05, 0.1) is 33.5 Å². The number of rotatable bonds is 6. The van der Waals surface area contributed by atoms with E-state index in [9.17, 15) is 0 Å². The SMILES string of the molecule is Clc1ccc(-n2c(-n3cnc(-c4ccccc4)c3-c3ccccc3)nc(-c3ccccc3)c2-c2ccccc2)c(Cl)c1. The van der Waals surface area contributed by atoms with Crippen LogP contribution in [0.5, 0.6) is 0 Å². The van der Waals surface area contributed by atoms with Crippen LogP contribution in [0.3, 0.4) is 0 Å². The molecule has 0 radical (unpaired) electrons. The Morgan fingerprint density at radius 3 is 1.55 bits per heavy atom. The van der Waals surface area contributed by atoms with Gasteiger partial charge in [-0.3, -0.25) is 9.13 Å². The normalized spacial score (nSPS) is 11.1. The summed E-state index contributed by atoms with van der Waals surface area (Å²) in [5.74, 6) is 0.658. The summed E-state index contributed by atoms with van der Waals surface area (Å²) in [7, 11) is 0. The predicted molar refractivity (Wildman–Crippen MR) is 172 cm³/mol. The van der Waals surface area contributed by atoms with E-state index >= 15 is 0 Å². The molecular weight excluding hydrogens is 559 g/mol. The van der Waals surface area contributed by atoms with E-state index in [-0.39, 0.29) is 0 Å². The van der Waals surface area contributed by atoms with Gasteiger partial charge in [0.15, 0.2) is 0 Å². The zero-order valence-electron chi connectivity index (χ0n) is 22.4. The van der Waals surface area contributed by atoms with E-state index in [0.717, 1.165) is 50.7 Å². The summed E-state index contributed by atoms with van der Waals surface area (Å²) in [4.78, 5) is 10.3. The lowest BCUT2D eigenvalue weighted by Crippen LogP contribution is -2.08. The molecule has 2 heterocycles. The molecule has 0 saturated carbocycles. The van der Waals surface area contributed by atoms with E-state index in [1.807, 2.05) is 91.3 Å². The third-order valence-electron chi connectivity index (χ3n) is 7.18. The minimum absolute atomic E-state index is 0.516. The number of benzene rings is 5. The Bertz CT molecular complexity index is 1980. The van der Waals surface area contributed by atoms with E-state index in [1.165, 1.54) is 0 Å². The van der Waals surface area contributed by atoms with Crippen LogP contribution in [0.2, 0.25) is 10.0 Å². The van der Waals surface area contributed by atoms with Gasteiger partial charge >= 0.3 is 0 Å². The number of hydrogen-bond donors (Lipinski definition) is 0. The lowest BCUT2D eigenvalue weighted by molar-refractivity contribution is 0.897. The third-order valence-corrected chi connectivity index (χ3v) is 7.72. The van der Waals surface area contributed by atoms with E-state index in [2.05, 4.69) is 57.7 Å². The zero-order chi connectivity index (χ0) is 28.5. The summed E-state index contributed by atoms with van der Waals surface area (Å²) < 4.78 is 4.17. The molecule has 6 heteroatoms. The average Bonchev–Trinajstić information content (AvgIpc) is 3.65. The molecule has 2 aromatic heterocycles. The maximum atomic E-state index is 6.94. The smallest absolute Gasteiger partial charge is 0.221 e. The molecule has 0 aliphatic carbocycles. The molecule has 0 aliphatic heterocycles. The van der Waals surface area contributed by atoms with Gasteiger partial charge in [0.25, 0.3) is 0 Å². The van der Waals surface area contributed by atoms with Gasteiger partial charge in [-0.2, -0.15) is 0 Å². The second-order valence-corrected chi connectivity index (χ2v) is 10.7. The summed E-state index contributed by atoms with van der Waals surface area (Å²) in [6.07, 6.45) is 1.84. The van der Waals surface area contributed by atoms with Crippen LogP contribution in [0.15, 0.2) is 146 Å². The fourth-order valence-corrected chi connectivity index (χ4v) is 5.79. The molecule has 0 unspecified atom stereocenters. The first-order valence-electron chi connectivity index (χ1n) is 13.6. The van der Waals surface area contributed by atoms with Gasteiger partial charge in [0.1, 0.15) is 6.33 Å². The molecule has 42 heavy (non-hydrogen) atoms. The largest absolute Gasteiger partial charge is 0.276 e. The summed E-state index contributed by atoms with van der Waals surface area (Å²) in [5, 5.41) is 1.08. The number of aromatic nitrogens is 4. The van der Waals surface area contributed by atoms with Crippen LogP contribution in [0.1, 0.15) is 0 Å². The van der Waals surface area contributed by atoms with Crippen LogP contribution < -0.4 is 0 Å². The molecule has 7 rings (SSSR count). The molecule has 0 atom stereocenters. The molecule has 0 bridgehead atoms. The van der Waals surface area contributed by atoms with Crippen molar-refractivity contribution in [1.29, 1.82) is 0 Å². The molecule has 202 valence electrons. The maximum Gasteiger partial charge on any atom is 0.221 e. The van der Waals surface area contributed by atoms with Crippen LogP contribution >= 0.6 is 23.2 Å². The van der Waals surface area contributed by atoms with Gasteiger partial charge in [0, 0.05) is 27.3 Å². The zero-order valence-corrected chi connectivity index (χ0v) is 23.9. The Labute approximate surface area is 254 Å². The first kappa shape index (κ1) is 26.0. The summed E-state index contributed by atoms with van der Waals surface area (Å²) >= 11 is 13.3. The fraction of sp³-hybridized carbons (Fsp3) is 0. The highest BCUT2D eigenvalue weighted by Gasteiger charge is 2.27. The quantitative estimate of drug-likeness (QED) is 0.195. The Morgan fingerprint density at radius 1 is 0.500 bits per heavy atom. The Kier molecular flexibility index (Phi) is 6.92. The Balaban J connectivity index is 1.61. The summed E-state index contributed by atoms with van der Waals surface area (Å²) in [6.45, 7) is 0. The molecule has 5 aromatic carbocycles. The van der Waals surface area contributed by atoms with Crippen molar-refractivity contribution in [3.63, 3.8) is 0 Å². The monoisotopic (exact) mass is 582 g/mol. The Hall–Kier alpha value is -4.90. The van der Waals surface area contributed by atoms with Crippen molar-refractivity contribution in [1.82, 2.24) is 19.1 Å². The first-order valence-corrected chi connectivity index (χ1v) is 14.3. The van der Waals surface area contributed by atoms with Crippen LogP contribution in [0.4, 0.5) is 0 Å². The summed E-state index contributed by atoms with van der Waals surface area (Å²) in [6, 6.07) is 46.5. The number of nitrogens with zero attached hydrogens (tertiary/aromatic N) is 4. The summed E-state index contributed by atoms with van der Waals surface area (Å²) in [5.41, 5.74) is 8.33. The van der Waals surface area contributed by atoms with Gasteiger partial charge in [-0.05, 0) is 18.2 Å². The predicted octanol–water partition coefficient (Wildman–Crippen LogP) is 10.0. The number of imidazole rings is 2. The molecule has 0 fully saturated rings. The minimum atomic E-state index is 0.516. The van der Waals surface area contributed by atoms with E-state index < -0.39 is 0 Å². The van der Waals surface area contributed by atoms with Crippen molar-refractivity contribution in [2.24, 2.45) is 0 Å². The highest BCUT2D eigenvalue weighted by Crippen LogP contribution is 2.41. The fourth-order valence-electron chi connectivity index (χ4n) is 5.30. The molecule has 0 amide bonds. The highest BCUT2D eigenvalue weighted by atomic mass is 35.5. The van der Waals surface area contributed by atoms with Crippen molar-refractivity contribution in [2.75, 3.05) is 0 Å². The standard InChI is InChI=1S/C36H24Cl2N4/c37-29-21-22-31(30(38)23-29)42-35(28-19-11-4-12-20-28)33(26-15-7-2-8-16-26)40-36(42)41-24-39-32(25-13-5-1-6-14-25)34(41)27-17-9-3-10-18-27/h1-24H. The minimum Gasteiger partial charge on any atom is -0.276 e. The molecule has 7 aromatic rings. The van der Waals surface area contributed by atoms with Gasteiger partial charge in [-0.15, -0.1) is 0 Å². The molecule has 4 nitrogen and oxygen atoms in total. The van der Waals surface area contributed by atoms with Crippen LogP contribution in [0, 0.1) is 0 Å². The Morgan fingerprint density at radius 2 is 1.00 bits per heavy atom. The lowest BCUT2D eigenvalue weighted by Gasteiger charge is -2.17. The lowest BCUT2D eigenvalue weighted by atomic mass is 10.0. The van der Waals surface area contributed by atoms with E-state index in [0.29, 0.717) is 16.0 Å². The second-order valence-electron chi connectivity index (χ2n) is 9.82. The highest BCUT2D eigenvalue weighted by molar-refractivity contribution is 6.35. The number of halogens is 2. The van der Waals surface area contributed by atoms with Gasteiger partial charge in [-0.1, -0.05) is 145 Å². The van der Waals surface area contributed by atoms with E-state index in [4.69, 9.17) is 33.2 Å². The van der Waals surface area contributed by atoms with Crippen molar-refractivity contribution in [3.8, 4) is 56.7 Å². The van der Waals surface area contributed by atoms with Crippen molar-refractivity contribution in [3.05, 3.63) is 156 Å². The van der Waals surface area contributed by atoms with Crippen LogP contribution in [0.25, 0.3) is 56.7 Å². The number of hydrogen-bond acceptors (Lipinski definition) is 2. The average molecular weight is 584 g/mol. The van der Waals surface area contributed by atoms with Crippen LogP contribution in [-0.4, -0.2) is 19.1 Å².